The van der Waals surface area contributed by atoms with Crippen LogP contribution in [0.5, 0.6) is 0 Å². The molecule has 0 saturated heterocycles. The van der Waals surface area contributed by atoms with Gasteiger partial charge < -0.3 is 9.47 Å². The highest BCUT2D eigenvalue weighted by atomic mass is 15.1. The molecule has 11 aromatic rings. The number of para-hydroxylation sites is 1. The maximum Gasteiger partial charge on any atom is 0.113 e. The second-order valence-corrected chi connectivity index (χ2v) is 16.1. The zero-order chi connectivity index (χ0) is 42.8. The van der Waals surface area contributed by atoms with Crippen LogP contribution < -0.4 is 32.2 Å². The summed E-state index contributed by atoms with van der Waals surface area (Å²) in [6, 6.07) is 71.2. The van der Waals surface area contributed by atoms with Gasteiger partial charge in [-0.05, 0) is 110 Å². The van der Waals surface area contributed by atoms with E-state index < -0.39 is 0 Å². The molecule has 0 fully saturated rings. The Morgan fingerprint density at radius 2 is 0.778 bits per heavy atom. The van der Waals surface area contributed by atoms with Crippen LogP contribution in [0.4, 0.5) is 17.1 Å². The topological polar surface area (TPSA) is 8.17 Å². The molecule has 0 unspecified atom stereocenters. The first-order chi connectivity index (χ1) is 30.8. The molecule has 0 bridgehead atoms. The number of anilines is 3. The first kappa shape index (κ1) is 38.6. The van der Waals surface area contributed by atoms with E-state index in [1.807, 2.05) is 12.1 Å². The van der Waals surface area contributed by atoms with Crippen molar-refractivity contribution in [3.05, 3.63) is 200 Å². The Hall–Kier alpha value is -7.36. The van der Waals surface area contributed by atoms with Gasteiger partial charge in [0.2, 0.25) is 0 Å². The molecule has 1 heterocycles. The Kier molecular flexibility index (Phi) is 9.50. The summed E-state index contributed by atoms with van der Waals surface area (Å²) in [5.74, 6) is 0. The number of hydrogen-bond acceptors (Lipinski definition) is 1. The van der Waals surface area contributed by atoms with Crippen molar-refractivity contribution in [3.63, 3.8) is 0 Å². The molecule has 63 heavy (non-hydrogen) atoms. The van der Waals surface area contributed by atoms with Gasteiger partial charge in [-0.1, -0.05) is 150 Å². The Balaban J connectivity index is 1.01. The van der Waals surface area contributed by atoms with Crippen LogP contribution >= 0.6 is 0 Å². The van der Waals surface area contributed by atoms with E-state index in [1.165, 1.54) is 37.8 Å². The van der Waals surface area contributed by atoms with Crippen molar-refractivity contribution in [3.8, 4) is 39.1 Å². The molecule has 0 aliphatic carbocycles. The third-order valence-corrected chi connectivity index (χ3v) is 12.4. The number of benzene rings is 10. The summed E-state index contributed by atoms with van der Waals surface area (Å²) in [5.41, 5.74) is 13.6. The van der Waals surface area contributed by atoms with E-state index in [4.69, 9.17) is 39.2 Å². The van der Waals surface area contributed by atoms with Crippen molar-refractivity contribution in [1.29, 1.82) is 0 Å². The summed E-state index contributed by atoms with van der Waals surface area (Å²) in [7, 11) is 31.6. The largest absolute Gasteiger partial charge is 0.311 e. The van der Waals surface area contributed by atoms with Gasteiger partial charge in [-0.25, -0.2) is 0 Å². The van der Waals surface area contributed by atoms with Crippen molar-refractivity contribution in [2.24, 2.45) is 0 Å². The number of fused-ring (bicyclic) bond motifs is 6. The van der Waals surface area contributed by atoms with E-state index in [2.05, 4.69) is 198 Å². The minimum Gasteiger partial charge on any atom is -0.311 e. The maximum absolute atomic E-state index is 6.48. The quantitative estimate of drug-likeness (QED) is 0.146. The second kappa shape index (κ2) is 15.5. The van der Waals surface area contributed by atoms with E-state index in [0.717, 1.165) is 56.1 Å². The Morgan fingerprint density at radius 1 is 0.317 bits per heavy atom. The molecular formula is C56H33B5N2. The predicted molar refractivity (Wildman–Crippen MR) is 274 cm³/mol. The van der Waals surface area contributed by atoms with Crippen LogP contribution in [0.25, 0.3) is 82.4 Å². The molecule has 282 valence electrons. The van der Waals surface area contributed by atoms with Crippen LogP contribution in [0.2, 0.25) is 0 Å². The van der Waals surface area contributed by atoms with Crippen molar-refractivity contribution in [2.45, 2.75) is 0 Å². The van der Waals surface area contributed by atoms with Crippen LogP contribution in [0.15, 0.2) is 200 Å². The average Bonchev–Trinajstić information content (AvgIpc) is 3.68. The SMILES string of the molecule is [B]c1c([B])c([B])c(-c2ccc(N(c3ccc(-c4ccc5ccccc5c4)cc3)c3ccc(-c4ccc5c6ccc7ccccc7c6n(-c6ccccc6)c5c4)cc3)cc2)c([B])c1[B]. The number of rotatable bonds is 7. The molecule has 0 aliphatic rings. The molecule has 0 atom stereocenters. The molecule has 2 nitrogen and oxygen atoms in total. The van der Waals surface area contributed by atoms with Gasteiger partial charge >= 0.3 is 0 Å². The lowest BCUT2D eigenvalue weighted by Crippen LogP contribution is -2.55. The van der Waals surface area contributed by atoms with Gasteiger partial charge in [-0.3, -0.25) is 0 Å². The van der Waals surface area contributed by atoms with Crippen LogP contribution in [0.1, 0.15) is 0 Å². The summed E-state index contributed by atoms with van der Waals surface area (Å²) in [5, 5.41) is 7.33. The summed E-state index contributed by atoms with van der Waals surface area (Å²) in [6.07, 6.45) is 0. The van der Waals surface area contributed by atoms with E-state index in [0.29, 0.717) is 16.5 Å². The van der Waals surface area contributed by atoms with E-state index in [9.17, 15) is 0 Å². The van der Waals surface area contributed by atoms with E-state index in [1.54, 1.807) is 0 Å². The first-order valence-corrected chi connectivity index (χ1v) is 21.0. The van der Waals surface area contributed by atoms with Crippen molar-refractivity contribution >= 4 is 127 Å². The average molecular weight is 788 g/mol. The Morgan fingerprint density at radius 3 is 1.41 bits per heavy atom. The van der Waals surface area contributed by atoms with Gasteiger partial charge in [-0.2, -0.15) is 0 Å². The number of aromatic nitrogens is 1. The second-order valence-electron chi connectivity index (χ2n) is 16.1. The molecule has 0 spiro atoms. The summed E-state index contributed by atoms with van der Waals surface area (Å²) < 4.78 is 2.41. The van der Waals surface area contributed by atoms with Crippen molar-refractivity contribution in [1.82, 2.24) is 4.57 Å². The van der Waals surface area contributed by atoms with E-state index >= 15 is 0 Å². The fraction of sp³-hybridized carbons (Fsp3) is 0. The highest BCUT2D eigenvalue weighted by Crippen LogP contribution is 2.41. The van der Waals surface area contributed by atoms with Gasteiger partial charge in [0.1, 0.15) is 39.2 Å². The highest BCUT2D eigenvalue weighted by molar-refractivity contribution is 6.68. The number of nitrogens with zero attached hydrogens (tertiary/aromatic N) is 2. The zero-order valence-electron chi connectivity index (χ0n) is 34.3. The van der Waals surface area contributed by atoms with Crippen LogP contribution in [-0.4, -0.2) is 43.8 Å². The van der Waals surface area contributed by atoms with Gasteiger partial charge in [0.15, 0.2) is 0 Å². The molecule has 0 amide bonds. The van der Waals surface area contributed by atoms with Crippen LogP contribution in [0.3, 0.4) is 0 Å². The standard InChI is InChI=1S/C56H33B5N2/c57-51-50(52(58)54(60)55(61)53(51)59)38-20-28-45(29-21-38)62(43-24-16-35(17-25-43)40-15-14-34-8-4-5-10-39(34)32-40)44-26-18-36(19-27-44)41-23-30-47-48-31-22-37-9-6-7-13-46(37)56(48)63(49(47)33-41)42-11-2-1-3-12-42/h1-33H. The van der Waals surface area contributed by atoms with Crippen LogP contribution in [0, 0.1) is 0 Å². The van der Waals surface area contributed by atoms with Gasteiger partial charge in [0.25, 0.3) is 0 Å². The summed E-state index contributed by atoms with van der Waals surface area (Å²) in [6.45, 7) is 0. The summed E-state index contributed by atoms with van der Waals surface area (Å²) >= 11 is 0. The lowest BCUT2D eigenvalue weighted by molar-refractivity contribution is 1.19. The lowest BCUT2D eigenvalue weighted by atomic mass is 9.60. The van der Waals surface area contributed by atoms with Crippen molar-refractivity contribution < 1.29 is 0 Å². The van der Waals surface area contributed by atoms with E-state index in [-0.39, 0.29) is 16.4 Å². The molecule has 0 saturated carbocycles. The smallest absolute Gasteiger partial charge is 0.113 e. The molecule has 0 N–H and O–H groups in total. The molecular weight excluding hydrogens is 755 g/mol. The normalized spacial score (nSPS) is 11.5. The minimum atomic E-state index is 0.194. The molecule has 10 radical (unpaired) electrons. The van der Waals surface area contributed by atoms with Gasteiger partial charge in [-0.15, -0.1) is 16.4 Å². The van der Waals surface area contributed by atoms with Gasteiger partial charge in [0.05, 0.1) is 11.0 Å². The maximum atomic E-state index is 6.48. The third kappa shape index (κ3) is 6.59. The summed E-state index contributed by atoms with van der Waals surface area (Å²) in [4.78, 5) is 2.25. The zero-order valence-corrected chi connectivity index (χ0v) is 34.3. The fourth-order valence-electron chi connectivity index (χ4n) is 9.16. The number of hydrogen-bond donors (Lipinski definition) is 0. The monoisotopic (exact) mass is 788 g/mol. The Labute approximate surface area is 373 Å². The third-order valence-electron chi connectivity index (χ3n) is 12.4. The predicted octanol–water partition coefficient (Wildman–Crippen LogP) is 9.53. The molecule has 0 aliphatic heterocycles. The Bertz CT molecular complexity index is 3510. The van der Waals surface area contributed by atoms with Crippen molar-refractivity contribution in [2.75, 3.05) is 4.90 Å². The molecule has 10 aromatic carbocycles. The molecule has 7 heteroatoms. The minimum absolute atomic E-state index is 0.194. The first-order valence-electron chi connectivity index (χ1n) is 21.0. The highest BCUT2D eigenvalue weighted by Gasteiger charge is 2.19. The molecule has 11 rings (SSSR count). The lowest BCUT2D eigenvalue weighted by Gasteiger charge is -2.27. The molecule has 1 aromatic heterocycles. The van der Waals surface area contributed by atoms with Gasteiger partial charge in [0, 0.05) is 38.9 Å². The van der Waals surface area contributed by atoms with Crippen LogP contribution in [-0.2, 0) is 0 Å². The fourth-order valence-corrected chi connectivity index (χ4v) is 9.16.